The molecule has 2 aliphatic heterocycles. The predicted octanol–water partition coefficient (Wildman–Crippen LogP) is 3.04. The van der Waals surface area contributed by atoms with Crippen LogP contribution in [0.3, 0.4) is 0 Å². The van der Waals surface area contributed by atoms with Crippen LogP contribution in [0.15, 0.2) is 0 Å². The molecule has 0 aromatic rings. The van der Waals surface area contributed by atoms with Gasteiger partial charge in [-0.1, -0.05) is 25.3 Å². The summed E-state index contributed by atoms with van der Waals surface area (Å²) in [6, 6.07) is 0. The fourth-order valence-corrected chi connectivity index (χ4v) is 2.57. The van der Waals surface area contributed by atoms with E-state index in [4.69, 9.17) is 0 Å². The van der Waals surface area contributed by atoms with E-state index in [-0.39, 0.29) is 27.0 Å². The number of piperidine rings is 2. The van der Waals surface area contributed by atoms with Crippen molar-refractivity contribution in [2.75, 3.05) is 26.2 Å². The topological polar surface area (TPSA) is 40.6 Å². The third-order valence-electron chi connectivity index (χ3n) is 3.25. The zero-order chi connectivity index (χ0) is 13.4. The molecular formula is C12H22N2NiO2S2+2. The van der Waals surface area contributed by atoms with E-state index < -0.39 is 0 Å². The van der Waals surface area contributed by atoms with Gasteiger partial charge in [-0.2, -0.15) is 0 Å². The van der Waals surface area contributed by atoms with Gasteiger partial charge in [-0.25, -0.2) is 0 Å². The molecule has 2 fully saturated rings. The Morgan fingerprint density at radius 2 is 0.895 bits per heavy atom. The largest absolute Gasteiger partial charge is 2.00 e. The fourth-order valence-electron chi connectivity index (χ4n) is 2.17. The third kappa shape index (κ3) is 8.10. The molecule has 2 rings (SSSR count). The van der Waals surface area contributed by atoms with Gasteiger partial charge in [0.2, 0.25) is 0 Å². The van der Waals surface area contributed by atoms with Gasteiger partial charge in [0.15, 0.2) is 0 Å². The summed E-state index contributed by atoms with van der Waals surface area (Å²) >= 11 is 7.46. The van der Waals surface area contributed by atoms with Gasteiger partial charge in [0.25, 0.3) is 10.5 Å². The zero-order valence-corrected chi connectivity index (χ0v) is 13.8. The number of nitrogens with zero attached hydrogens (tertiary/aromatic N) is 2. The van der Waals surface area contributed by atoms with Crippen LogP contribution in [0.4, 0.5) is 9.59 Å². The van der Waals surface area contributed by atoms with E-state index in [9.17, 15) is 9.59 Å². The molecule has 2 amide bonds. The van der Waals surface area contributed by atoms with Gasteiger partial charge in [-0.05, 0) is 38.5 Å². The summed E-state index contributed by atoms with van der Waals surface area (Å²) in [4.78, 5) is 24.7. The van der Waals surface area contributed by atoms with Gasteiger partial charge in [0.05, 0.1) is 0 Å². The Morgan fingerprint density at radius 1 is 0.632 bits per heavy atom. The summed E-state index contributed by atoms with van der Waals surface area (Å²) in [5, 5.41) is -0.149. The Kier molecular flexibility index (Phi) is 10.9. The first kappa shape index (κ1) is 19.1. The minimum Gasteiger partial charge on any atom is -0.334 e. The van der Waals surface area contributed by atoms with Crippen LogP contribution in [0.5, 0.6) is 0 Å². The molecule has 2 saturated heterocycles. The minimum atomic E-state index is -0.0744. The number of likely N-dealkylation sites (tertiary alicyclic amines) is 2. The van der Waals surface area contributed by atoms with Gasteiger partial charge >= 0.3 is 16.5 Å². The molecule has 0 spiro atoms. The molecular weight excluding hydrogens is 327 g/mol. The molecule has 0 saturated carbocycles. The molecule has 19 heavy (non-hydrogen) atoms. The van der Waals surface area contributed by atoms with E-state index in [1.807, 2.05) is 0 Å². The first-order valence-corrected chi connectivity index (χ1v) is 7.46. The van der Waals surface area contributed by atoms with Gasteiger partial charge in [0.1, 0.15) is 0 Å². The van der Waals surface area contributed by atoms with E-state index in [0.29, 0.717) is 0 Å². The maximum absolute atomic E-state index is 10.6. The van der Waals surface area contributed by atoms with Crippen molar-refractivity contribution in [3.05, 3.63) is 0 Å². The van der Waals surface area contributed by atoms with E-state index in [2.05, 4.69) is 25.3 Å². The molecule has 0 aromatic carbocycles. The van der Waals surface area contributed by atoms with Crippen LogP contribution in [0.25, 0.3) is 0 Å². The van der Waals surface area contributed by atoms with Crippen LogP contribution in [-0.2, 0) is 16.5 Å². The predicted molar refractivity (Wildman–Crippen MR) is 79.6 cm³/mol. The van der Waals surface area contributed by atoms with E-state index in [1.54, 1.807) is 9.80 Å². The van der Waals surface area contributed by atoms with Gasteiger partial charge in [0, 0.05) is 26.2 Å². The van der Waals surface area contributed by atoms with Crippen molar-refractivity contribution >= 4 is 35.7 Å². The number of carbonyl (C=O) groups is 2. The molecule has 0 aromatic heterocycles. The van der Waals surface area contributed by atoms with Crippen LogP contribution in [0.1, 0.15) is 38.5 Å². The molecule has 0 bridgehead atoms. The zero-order valence-electron chi connectivity index (χ0n) is 11.0. The number of thiol groups is 2. The molecule has 0 N–H and O–H groups in total. The van der Waals surface area contributed by atoms with E-state index >= 15 is 0 Å². The Balaban J connectivity index is 0.000000324. The molecule has 7 heteroatoms. The van der Waals surface area contributed by atoms with E-state index in [1.165, 1.54) is 12.8 Å². The standard InChI is InChI=1S/2C6H11NOS.Ni/c2*8-6(9)7-4-2-1-3-5-7;/h2*1-5H2,(H,8,9);/q;;+2. The summed E-state index contributed by atoms with van der Waals surface area (Å²) < 4.78 is 0. The Labute approximate surface area is 136 Å². The van der Waals surface area contributed by atoms with Crippen molar-refractivity contribution in [3.63, 3.8) is 0 Å². The number of hydrogen-bond donors (Lipinski definition) is 2. The van der Waals surface area contributed by atoms with Gasteiger partial charge < -0.3 is 9.80 Å². The first-order chi connectivity index (χ1) is 8.61. The molecule has 4 nitrogen and oxygen atoms in total. The Morgan fingerprint density at radius 3 is 1.05 bits per heavy atom. The maximum atomic E-state index is 10.6. The minimum absolute atomic E-state index is 0. The number of rotatable bonds is 0. The van der Waals surface area contributed by atoms with Crippen LogP contribution < -0.4 is 0 Å². The Bertz CT molecular complexity index is 253. The van der Waals surface area contributed by atoms with Crippen molar-refractivity contribution in [2.24, 2.45) is 0 Å². The maximum Gasteiger partial charge on any atom is 2.00 e. The molecule has 112 valence electrons. The normalized spacial score (nSPS) is 18.8. The molecule has 0 radical (unpaired) electrons. The van der Waals surface area contributed by atoms with Crippen molar-refractivity contribution in [2.45, 2.75) is 38.5 Å². The van der Waals surface area contributed by atoms with Crippen molar-refractivity contribution in [1.82, 2.24) is 9.80 Å². The van der Waals surface area contributed by atoms with Crippen LogP contribution in [-0.4, -0.2) is 46.5 Å². The van der Waals surface area contributed by atoms with Crippen LogP contribution in [0, 0.1) is 0 Å². The third-order valence-corrected chi connectivity index (χ3v) is 3.82. The summed E-state index contributed by atoms with van der Waals surface area (Å²) in [7, 11) is 0. The van der Waals surface area contributed by atoms with Crippen molar-refractivity contribution in [1.29, 1.82) is 0 Å². The quantitative estimate of drug-likeness (QED) is 0.521. The van der Waals surface area contributed by atoms with Gasteiger partial charge in [-0.15, -0.1) is 0 Å². The summed E-state index contributed by atoms with van der Waals surface area (Å²) in [5.74, 6) is 0. The molecule has 0 aliphatic carbocycles. The van der Waals surface area contributed by atoms with Crippen LogP contribution in [0.2, 0.25) is 0 Å². The van der Waals surface area contributed by atoms with Crippen molar-refractivity contribution in [3.8, 4) is 0 Å². The molecule has 0 atom stereocenters. The second-order valence-electron chi connectivity index (χ2n) is 4.66. The fraction of sp³-hybridized carbons (Fsp3) is 0.833. The average Bonchev–Trinajstić information content (AvgIpc) is 2.41. The first-order valence-electron chi connectivity index (χ1n) is 6.57. The number of carbonyl (C=O) groups excluding carboxylic acids is 2. The number of hydrogen-bond acceptors (Lipinski definition) is 2. The second-order valence-corrected chi connectivity index (χ2v) is 5.43. The molecule has 0 unspecified atom stereocenters. The average molecular weight is 349 g/mol. The summed E-state index contributed by atoms with van der Waals surface area (Å²) in [6.45, 7) is 3.62. The summed E-state index contributed by atoms with van der Waals surface area (Å²) in [6.07, 6.45) is 7.10. The molecule has 2 aliphatic rings. The Hall–Kier alpha value is 0.134. The summed E-state index contributed by atoms with van der Waals surface area (Å²) in [5.41, 5.74) is 0. The SMILES string of the molecule is O=C(S)N1CCCCC1.O=C(S)N1CCCCC1.[Ni+2]. The van der Waals surface area contributed by atoms with Crippen molar-refractivity contribution < 1.29 is 26.1 Å². The van der Waals surface area contributed by atoms with Gasteiger partial charge in [-0.3, -0.25) is 9.59 Å². The molecule has 2 heterocycles. The monoisotopic (exact) mass is 348 g/mol. The smallest absolute Gasteiger partial charge is 0.334 e. The van der Waals surface area contributed by atoms with Crippen LogP contribution >= 0.6 is 25.3 Å². The van der Waals surface area contributed by atoms with E-state index in [0.717, 1.165) is 51.9 Å². The second kappa shape index (κ2) is 10.9. The number of amides is 2.